The fraction of sp³-hybridized carbons (Fsp3) is 0.188. The van der Waals surface area contributed by atoms with Gasteiger partial charge < -0.3 is 9.72 Å². The Bertz CT molecular complexity index is 788. The highest BCUT2D eigenvalue weighted by Crippen LogP contribution is 2.29. The molecule has 0 spiro atoms. The number of fused-ring (bicyclic) bond motifs is 1. The van der Waals surface area contributed by atoms with Gasteiger partial charge in [0.2, 0.25) is 0 Å². The van der Waals surface area contributed by atoms with E-state index in [-0.39, 0.29) is 0 Å². The summed E-state index contributed by atoms with van der Waals surface area (Å²) in [5.41, 5.74) is 2.76. The second-order valence-corrected chi connectivity index (χ2v) is 5.08. The van der Waals surface area contributed by atoms with Crippen LogP contribution in [-0.2, 0) is 12.7 Å². The van der Waals surface area contributed by atoms with Crippen LogP contribution in [0.3, 0.4) is 0 Å². The highest BCUT2D eigenvalue weighted by atomic mass is 19.4. The van der Waals surface area contributed by atoms with Crippen LogP contribution in [-0.4, -0.2) is 9.38 Å². The van der Waals surface area contributed by atoms with Gasteiger partial charge in [0, 0.05) is 18.1 Å². The number of anilines is 1. The van der Waals surface area contributed by atoms with Crippen molar-refractivity contribution in [1.29, 1.82) is 0 Å². The second-order valence-electron chi connectivity index (χ2n) is 5.08. The lowest BCUT2D eigenvalue weighted by atomic mass is 10.2. The number of nitrogens with zero attached hydrogens (tertiary/aromatic N) is 2. The van der Waals surface area contributed by atoms with Crippen LogP contribution in [0, 0.1) is 6.92 Å². The van der Waals surface area contributed by atoms with E-state index in [1.54, 1.807) is 0 Å². The maximum atomic E-state index is 12.5. The summed E-state index contributed by atoms with van der Waals surface area (Å²) in [7, 11) is 0. The van der Waals surface area contributed by atoms with E-state index >= 15 is 0 Å². The molecule has 0 saturated heterocycles. The molecule has 0 unspecified atom stereocenters. The van der Waals surface area contributed by atoms with Gasteiger partial charge >= 0.3 is 6.18 Å². The maximum Gasteiger partial charge on any atom is 0.416 e. The van der Waals surface area contributed by atoms with E-state index in [0.29, 0.717) is 12.2 Å². The van der Waals surface area contributed by atoms with Crippen LogP contribution in [0.5, 0.6) is 0 Å². The summed E-state index contributed by atoms with van der Waals surface area (Å²) in [6.45, 7) is 2.43. The van der Waals surface area contributed by atoms with E-state index in [1.807, 2.05) is 35.9 Å². The maximum absolute atomic E-state index is 12.5. The Morgan fingerprint density at radius 1 is 1.14 bits per heavy atom. The first kappa shape index (κ1) is 14.4. The molecule has 3 rings (SSSR count). The Morgan fingerprint density at radius 3 is 2.50 bits per heavy atom. The lowest BCUT2D eigenvalue weighted by Gasteiger charge is -2.08. The van der Waals surface area contributed by atoms with Crippen LogP contribution < -0.4 is 5.32 Å². The summed E-state index contributed by atoms with van der Waals surface area (Å²) in [5.74, 6) is 0. The number of hydrogen-bond acceptors (Lipinski definition) is 2. The van der Waals surface area contributed by atoms with Crippen LogP contribution in [0.2, 0.25) is 0 Å². The van der Waals surface area contributed by atoms with E-state index in [9.17, 15) is 13.2 Å². The fourth-order valence-electron chi connectivity index (χ4n) is 2.26. The van der Waals surface area contributed by atoms with Crippen molar-refractivity contribution in [3.63, 3.8) is 0 Å². The van der Waals surface area contributed by atoms with Gasteiger partial charge in [0.05, 0.1) is 17.8 Å². The van der Waals surface area contributed by atoms with Crippen LogP contribution >= 0.6 is 0 Å². The molecule has 1 N–H and O–H groups in total. The fourth-order valence-corrected chi connectivity index (χ4v) is 2.26. The zero-order valence-electron chi connectivity index (χ0n) is 11.9. The number of rotatable bonds is 3. The van der Waals surface area contributed by atoms with Crippen LogP contribution in [0.4, 0.5) is 18.9 Å². The lowest BCUT2D eigenvalue weighted by Crippen LogP contribution is -2.05. The molecule has 0 atom stereocenters. The van der Waals surface area contributed by atoms with Gasteiger partial charge in [0.25, 0.3) is 0 Å². The normalized spacial score (nSPS) is 11.8. The molecule has 2 aromatic heterocycles. The van der Waals surface area contributed by atoms with E-state index in [0.717, 1.165) is 29.0 Å². The van der Waals surface area contributed by atoms with Crippen molar-refractivity contribution >= 4 is 11.3 Å². The number of pyridine rings is 1. The zero-order chi connectivity index (χ0) is 15.7. The summed E-state index contributed by atoms with van der Waals surface area (Å²) in [6.07, 6.45) is -0.492. The topological polar surface area (TPSA) is 29.3 Å². The lowest BCUT2D eigenvalue weighted by molar-refractivity contribution is -0.137. The van der Waals surface area contributed by atoms with Crippen molar-refractivity contribution in [2.24, 2.45) is 0 Å². The predicted molar refractivity (Wildman–Crippen MR) is 78.7 cm³/mol. The number of aromatic nitrogens is 2. The number of nitrogens with one attached hydrogen (secondary N) is 1. The molecular weight excluding hydrogens is 291 g/mol. The minimum atomic E-state index is -4.31. The third-order valence-corrected chi connectivity index (χ3v) is 3.41. The third-order valence-electron chi connectivity index (χ3n) is 3.41. The molecule has 3 aromatic rings. The van der Waals surface area contributed by atoms with E-state index < -0.39 is 11.7 Å². The van der Waals surface area contributed by atoms with Crippen LogP contribution in [0.1, 0.15) is 16.8 Å². The molecule has 0 radical (unpaired) electrons. The molecule has 22 heavy (non-hydrogen) atoms. The number of alkyl halides is 3. The molecule has 6 heteroatoms. The Kier molecular flexibility index (Phi) is 3.52. The summed E-state index contributed by atoms with van der Waals surface area (Å²) in [6, 6.07) is 8.90. The summed E-state index contributed by atoms with van der Waals surface area (Å²) in [4.78, 5) is 4.50. The second kappa shape index (κ2) is 5.36. The molecule has 2 heterocycles. The zero-order valence-corrected chi connectivity index (χ0v) is 11.9. The van der Waals surface area contributed by atoms with Crippen molar-refractivity contribution in [1.82, 2.24) is 9.38 Å². The van der Waals surface area contributed by atoms with Crippen molar-refractivity contribution in [3.8, 4) is 0 Å². The average molecular weight is 305 g/mol. The summed E-state index contributed by atoms with van der Waals surface area (Å²) < 4.78 is 39.4. The Morgan fingerprint density at radius 2 is 1.86 bits per heavy atom. The van der Waals surface area contributed by atoms with Crippen LogP contribution in [0.25, 0.3) is 5.65 Å². The Labute approximate surface area is 125 Å². The summed E-state index contributed by atoms with van der Waals surface area (Å²) >= 11 is 0. The molecule has 0 aliphatic heterocycles. The number of hydrogen-bond donors (Lipinski definition) is 1. The monoisotopic (exact) mass is 305 g/mol. The quantitative estimate of drug-likeness (QED) is 0.783. The van der Waals surface area contributed by atoms with Crippen molar-refractivity contribution in [3.05, 3.63) is 65.6 Å². The molecule has 0 fully saturated rings. The predicted octanol–water partition coefficient (Wildman–Crippen LogP) is 4.27. The van der Waals surface area contributed by atoms with E-state index in [1.165, 1.54) is 12.1 Å². The summed E-state index contributed by atoms with van der Waals surface area (Å²) in [5, 5.41) is 3.08. The van der Waals surface area contributed by atoms with Crippen molar-refractivity contribution in [2.75, 3.05) is 5.32 Å². The molecule has 0 saturated carbocycles. The number of imidazole rings is 1. The van der Waals surface area contributed by atoms with Gasteiger partial charge in [-0.05, 0) is 42.8 Å². The Balaban J connectivity index is 1.72. The standard InChI is InChI=1S/C16H14F3N3/c1-11-3-2-8-22-10-14(21-15(11)22)9-20-13-6-4-12(5-7-13)16(17,18)19/h2-8,10,20H,9H2,1H3. The van der Waals surface area contributed by atoms with E-state index in [4.69, 9.17) is 0 Å². The molecule has 3 nitrogen and oxygen atoms in total. The van der Waals surface area contributed by atoms with Crippen molar-refractivity contribution in [2.45, 2.75) is 19.6 Å². The van der Waals surface area contributed by atoms with Gasteiger partial charge in [-0.1, -0.05) is 6.07 Å². The van der Waals surface area contributed by atoms with Gasteiger partial charge in [0.15, 0.2) is 0 Å². The molecule has 114 valence electrons. The molecule has 0 amide bonds. The van der Waals surface area contributed by atoms with Gasteiger partial charge in [-0.3, -0.25) is 0 Å². The number of aryl methyl sites for hydroxylation is 1. The van der Waals surface area contributed by atoms with E-state index in [2.05, 4.69) is 10.3 Å². The SMILES string of the molecule is Cc1cccn2cc(CNc3ccc(C(F)(F)F)cc3)nc12. The minimum absolute atomic E-state index is 0.451. The van der Waals surface area contributed by atoms with Gasteiger partial charge in [-0.2, -0.15) is 13.2 Å². The van der Waals surface area contributed by atoms with Crippen LogP contribution in [0.15, 0.2) is 48.8 Å². The first-order valence-corrected chi connectivity index (χ1v) is 6.78. The minimum Gasteiger partial charge on any atom is -0.379 e. The highest BCUT2D eigenvalue weighted by molar-refractivity contribution is 5.49. The smallest absolute Gasteiger partial charge is 0.379 e. The molecule has 0 aliphatic rings. The largest absolute Gasteiger partial charge is 0.416 e. The van der Waals surface area contributed by atoms with Gasteiger partial charge in [-0.15, -0.1) is 0 Å². The molecule has 1 aromatic carbocycles. The first-order chi connectivity index (χ1) is 10.4. The highest BCUT2D eigenvalue weighted by Gasteiger charge is 2.29. The molecular formula is C16H14F3N3. The Hall–Kier alpha value is -2.50. The van der Waals surface area contributed by atoms with Gasteiger partial charge in [-0.25, -0.2) is 4.98 Å². The number of benzene rings is 1. The first-order valence-electron chi connectivity index (χ1n) is 6.78. The van der Waals surface area contributed by atoms with Gasteiger partial charge in [0.1, 0.15) is 5.65 Å². The number of halogens is 3. The van der Waals surface area contributed by atoms with Crippen molar-refractivity contribution < 1.29 is 13.2 Å². The molecule has 0 bridgehead atoms. The third kappa shape index (κ3) is 2.90. The average Bonchev–Trinajstić information content (AvgIpc) is 2.89. The molecule has 0 aliphatic carbocycles.